The summed E-state index contributed by atoms with van der Waals surface area (Å²) < 4.78 is 15.5. The molecule has 1 aromatic carbocycles. The minimum absolute atomic E-state index is 0.128. The number of hydrogen-bond acceptors (Lipinski definition) is 7. The van der Waals surface area contributed by atoms with Crippen molar-refractivity contribution in [2.24, 2.45) is 0 Å². The number of aromatic nitrogens is 2. The largest absolute Gasteiger partial charge is 0.394 e. The van der Waals surface area contributed by atoms with Crippen molar-refractivity contribution < 1.29 is 19.4 Å². The number of carbonyl (C=O) groups is 1. The molecule has 0 aliphatic carbocycles. The van der Waals surface area contributed by atoms with E-state index in [0.29, 0.717) is 35.4 Å². The number of benzene rings is 1. The van der Waals surface area contributed by atoms with Gasteiger partial charge in [-0.15, -0.1) is 0 Å². The zero-order valence-corrected chi connectivity index (χ0v) is 18.9. The van der Waals surface area contributed by atoms with E-state index in [-0.39, 0.29) is 24.3 Å². The van der Waals surface area contributed by atoms with Crippen LogP contribution in [0.2, 0.25) is 5.02 Å². The van der Waals surface area contributed by atoms with E-state index in [2.05, 4.69) is 15.3 Å². The Morgan fingerprint density at radius 3 is 2.94 bits per heavy atom. The summed E-state index contributed by atoms with van der Waals surface area (Å²) in [4.78, 5) is 24.9. The number of amides is 2. The van der Waals surface area contributed by atoms with E-state index < -0.39 is 18.5 Å². The first kappa shape index (κ1) is 22.7. The van der Waals surface area contributed by atoms with E-state index in [4.69, 9.17) is 16.7 Å². The van der Waals surface area contributed by atoms with Gasteiger partial charge in [0.25, 0.3) is 0 Å². The van der Waals surface area contributed by atoms with Gasteiger partial charge in [-0.25, -0.2) is 19.2 Å². The van der Waals surface area contributed by atoms with Gasteiger partial charge in [0.15, 0.2) is 16.8 Å². The zero-order valence-electron chi connectivity index (χ0n) is 17.3. The van der Waals surface area contributed by atoms with Crippen LogP contribution in [-0.4, -0.2) is 69.5 Å². The number of aliphatic hydroxyl groups is 2. The Kier molecular flexibility index (Phi) is 6.75. The lowest BCUT2D eigenvalue weighted by Crippen LogP contribution is -2.55. The lowest BCUT2D eigenvalue weighted by molar-refractivity contribution is 0.0954. The molecule has 32 heavy (non-hydrogen) atoms. The molecule has 0 radical (unpaired) electrons. The number of carbonyl (C=O) groups excluding carboxylic acids is 1. The minimum Gasteiger partial charge on any atom is -0.394 e. The Balaban J connectivity index is 1.39. The Morgan fingerprint density at radius 1 is 1.41 bits per heavy atom. The summed E-state index contributed by atoms with van der Waals surface area (Å²) in [7, 11) is 0. The fraction of sp³-hybridized carbons (Fsp3) is 0.381. The van der Waals surface area contributed by atoms with Crippen molar-refractivity contribution in [2.45, 2.75) is 25.5 Å². The number of fused-ring (bicyclic) bond motifs is 1. The molecule has 2 atom stereocenters. The van der Waals surface area contributed by atoms with Gasteiger partial charge in [0.1, 0.15) is 0 Å². The molecule has 1 fully saturated rings. The minimum atomic E-state index is -0.948. The van der Waals surface area contributed by atoms with Gasteiger partial charge < -0.3 is 20.0 Å². The molecule has 0 spiro atoms. The van der Waals surface area contributed by atoms with Crippen LogP contribution in [0.3, 0.4) is 0 Å². The van der Waals surface area contributed by atoms with E-state index >= 15 is 0 Å². The molecule has 1 saturated heterocycles. The molecule has 3 heterocycles. The summed E-state index contributed by atoms with van der Waals surface area (Å²) in [5, 5.41) is 22.4. The predicted molar refractivity (Wildman–Crippen MR) is 123 cm³/mol. The highest BCUT2D eigenvalue weighted by atomic mass is 35.5. The van der Waals surface area contributed by atoms with Crippen LogP contribution in [0.1, 0.15) is 12.5 Å². The second kappa shape index (κ2) is 9.53. The lowest BCUT2D eigenvalue weighted by atomic mass is 10.1. The number of urea groups is 1. The third kappa shape index (κ3) is 4.93. The van der Waals surface area contributed by atoms with Gasteiger partial charge in [-0.2, -0.15) is 0 Å². The number of hydrogen-bond donors (Lipinski definition) is 3. The number of piperazine rings is 1. The Hall–Kier alpha value is -2.53. The molecule has 3 N–H and O–H groups in total. The van der Waals surface area contributed by atoms with Crippen LogP contribution in [0.15, 0.2) is 30.5 Å². The number of pyridine rings is 1. The van der Waals surface area contributed by atoms with E-state index in [0.717, 1.165) is 10.2 Å². The Bertz CT molecular complexity index is 1130. The summed E-state index contributed by atoms with van der Waals surface area (Å²) in [5.74, 6) is -0.284. The molecule has 170 valence electrons. The van der Waals surface area contributed by atoms with Gasteiger partial charge in [-0.05, 0) is 36.8 Å². The maximum Gasteiger partial charge on any atom is 0.324 e. The molecule has 3 aromatic rings. The van der Waals surface area contributed by atoms with Crippen molar-refractivity contribution in [3.05, 3.63) is 46.9 Å². The highest BCUT2D eigenvalue weighted by molar-refractivity contribution is 7.22. The summed E-state index contributed by atoms with van der Waals surface area (Å²) >= 11 is 7.37. The SMILES string of the molecule is C[C@H]1CN(c2ncc(C[C@@H](O)CO)cc2F)CCN1C(=O)Nc1nc2ccc(Cl)cc2s1. The second-order valence-electron chi connectivity index (χ2n) is 7.74. The first-order valence-corrected chi connectivity index (χ1v) is 11.4. The van der Waals surface area contributed by atoms with Crippen LogP contribution in [0.4, 0.5) is 20.1 Å². The standard InChI is InChI=1S/C21H23ClFN5O3S/c1-12-10-27(19-16(23)7-13(9-24-19)6-15(30)11-29)4-5-28(12)21(31)26-20-25-17-3-2-14(22)8-18(17)32-20/h2-3,7-9,12,15,29-30H,4-6,10-11H2,1H3,(H,25,26,31)/t12-,15+/m0/s1. The Labute approximate surface area is 193 Å². The van der Waals surface area contributed by atoms with Gasteiger partial charge in [-0.3, -0.25) is 5.32 Å². The number of aliphatic hydroxyl groups excluding tert-OH is 2. The van der Waals surface area contributed by atoms with Crippen LogP contribution in [0.5, 0.6) is 0 Å². The van der Waals surface area contributed by atoms with Crippen LogP contribution < -0.4 is 10.2 Å². The highest BCUT2D eigenvalue weighted by Gasteiger charge is 2.30. The molecule has 0 saturated carbocycles. The highest BCUT2D eigenvalue weighted by Crippen LogP contribution is 2.29. The van der Waals surface area contributed by atoms with Crippen molar-refractivity contribution in [3.63, 3.8) is 0 Å². The number of rotatable bonds is 5. The summed E-state index contributed by atoms with van der Waals surface area (Å²) in [6.45, 7) is 2.75. The maximum absolute atomic E-state index is 14.6. The number of anilines is 2. The first-order valence-electron chi connectivity index (χ1n) is 10.2. The van der Waals surface area contributed by atoms with E-state index in [9.17, 15) is 14.3 Å². The van der Waals surface area contributed by atoms with Crippen molar-refractivity contribution in [3.8, 4) is 0 Å². The first-order chi connectivity index (χ1) is 15.3. The molecule has 2 aromatic heterocycles. The van der Waals surface area contributed by atoms with Crippen molar-refractivity contribution in [1.29, 1.82) is 0 Å². The summed E-state index contributed by atoms with van der Waals surface area (Å²) in [6, 6.07) is 6.26. The lowest BCUT2D eigenvalue weighted by Gasteiger charge is -2.40. The monoisotopic (exact) mass is 479 g/mol. The second-order valence-corrected chi connectivity index (χ2v) is 9.21. The fourth-order valence-corrected chi connectivity index (χ4v) is 4.85. The molecular formula is C21H23ClFN5O3S. The molecular weight excluding hydrogens is 457 g/mol. The Morgan fingerprint density at radius 2 is 2.22 bits per heavy atom. The fourth-order valence-electron chi connectivity index (χ4n) is 3.72. The van der Waals surface area contributed by atoms with Gasteiger partial charge in [-0.1, -0.05) is 22.9 Å². The quantitative estimate of drug-likeness (QED) is 0.519. The molecule has 1 aliphatic rings. The number of nitrogens with zero attached hydrogens (tertiary/aromatic N) is 4. The molecule has 2 amide bonds. The van der Waals surface area contributed by atoms with Gasteiger partial charge >= 0.3 is 6.03 Å². The average molecular weight is 480 g/mol. The average Bonchev–Trinajstić information content (AvgIpc) is 3.14. The summed E-state index contributed by atoms with van der Waals surface area (Å²) in [6.07, 6.45) is 0.681. The topological polar surface area (TPSA) is 102 Å². The normalized spacial score (nSPS) is 17.6. The van der Waals surface area contributed by atoms with Gasteiger partial charge in [0.2, 0.25) is 0 Å². The predicted octanol–water partition coefficient (Wildman–Crippen LogP) is 3.12. The van der Waals surface area contributed by atoms with Crippen LogP contribution in [-0.2, 0) is 6.42 Å². The van der Waals surface area contributed by atoms with Crippen LogP contribution in [0.25, 0.3) is 10.2 Å². The molecule has 1 aliphatic heterocycles. The molecule has 0 bridgehead atoms. The van der Waals surface area contributed by atoms with Gasteiger partial charge in [0.05, 0.1) is 22.9 Å². The van der Waals surface area contributed by atoms with E-state index in [1.807, 2.05) is 19.1 Å². The molecule has 0 unspecified atom stereocenters. The number of nitrogens with one attached hydrogen (secondary N) is 1. The summed E-state index contributed by atoms with van der Waals surface area (Å²) in [5.41, 5.74) is 1.28. The van der Waals surface area contributed by atoms with Gasteiger partial charge in [0, 0.05) is 43.3 Å². The van der Waals surface area contributed by atoms with Crippen molar-refractivity contribution in [2.75, 3.05) is 36.5 Å². The number of thiazole rings is 1. The third-order valence-electron chi connectivity index (χ3n) is 5.31. The smallest absolute Gasteiger partial charge is 0.324 e. The molecule has 4 rings (SSSR count). The van der Waals surface area contributed by atoms with Crippen molar-refractivity contribution in [1.82, 2.24) is 14.9 Å². The number of halogens is 2. The third-order valence-corrected chi connectivity index (χ3v) is 6.48. The molecule has 8 nitrogen and oxygen atoms in total. The van der Waals surface area contributed by atoms with Crippen LogP contribution in [0, 0.1) is 5.82 Å². The maximum atomic E-state index is 14.6. The van der Waals surface area contributed by atoms with Crippen LogP contribution >= 0.6 is 22.9 Å². The van der Waals surface area contributed by atoms with Crippen molar-refractivity contribution >= 4 is 50.1 Å². The van der Waals surface area contributed by atoms with E-state index in [1.165, 1.54) is 23.6 Å². The van der Waals surface area contributed by atoms with E-state index in [1.54, 1.807) is 15.9 Å². The molecule has 11 heteroatoms. The zero-order chi connectivity index (χ0) is 22.8.